The Labute approximate surface area is 82.4 Å². The van der Waals surface area contributed by atoms with Gasteiger partial charge in [0.05, 0.1) is 12.4 Å². The molecular weight excluding hydrogens is 252 g/mol. The van der Waals surface area contributed by atoms with Crippen LogP contribution in [0.25, 0.3) is 0 Å². The van der Waals surface area contributed by atoms with Crippen molar-refractivity contribution in [3.8, 4) is 0 Å². The number of rotatable bonds is 6. The lowest BCUT2D eigenvalue weighted by Gasteiger charge is -2.14. The van der Waals surface area contributed by atoms with Crippen LogP contribution in [0.5, 0.6) is 0 Å². The zero-order valence-corrected chi connectivity index (χ0v) is 8.29. The highest BCUT2D eigenvalue weighted by Gasteiger charge is 2.40. The van der Waals surface area contributed by atoms with Gasteiger partial charge in [0.25, 0.3) is 0 Å². The molecule has 0 atom stereocenters. The van der Waals surface area contributed by atoms with Gasteiger partial charge in [-0.3, -0.25) is 0 Å². The van der Waals surface area contributed by atoms with Crippen molar-refractivity contribution in [2.75, 3.05) is 19.0 Å². The molecule has 0 aliphatic heterocycles. The fourth-order valence-corrected chi connectivity index (χ4v) is 0.936. The Kier molecular flexibility index (Phi) is 5.10. The topological polar surface area (TPSA) is 43.4 Å². The number of halogens is 5. The summed E-state index contributed by atoms with van der Waals surface area (Å²) in [6, 6.07) is 0. The van der Waals surface area contributed by atoms with E-state index in [0.717, 1.165) is 0 Å². The molecule has 0 bridgehead atoms. The molecule has 0 saturated carbocycles. The van der Waals surface area contributed by atoms with E-state index in [1.54, 1.807) is 0 Å². The molecule has 0 aliphatic carbocycles. The lowest BCUT2D eigenvalue weighted by Crippen LogP contribution is -2.32. The minimum atomic E-state index is -4.27. The Morgan fingerprint density at radius 2 is 1.86 bits per heavy atom. The third-order valence-electron chi connectivity index (χ3n) is 1.09. The van der Waals surface area contributed by atoms with Gasteiger partial charge in [-0.05, 0) is 0 Å². The molecule has 0 aromatic rings. The smallest absolute Gasteiger partial charge is 0.330 e. The van der Waals surface area contributed by atoms with E-state index in [2.05, 4.69) is 4.74 Å². The normalized spacial score (nSPS) is 13.6. The molecule has 0 spiro atoms. The summed E-state index contributed by atoms with van der Waals surface area (Å²) in [6.07, 6.45) is -3.84. The number of ether oxygens (including phenoxy) is 1. The second kappa shape index (κ2) is 5.13. The van der Waals surface area contributed by atoms with Crippen LogP contribution in [0, 0.1) is 0 Å². The van der Waals surface area contributed by atoms with E-state index >= 15 is 0 Å². The van der Waals surface area contributed by atoms with Gasteiger partial charge in [-0.1, -0.05) is 0 Å². The predicted molar refractivity (Wildman–Crippen MR) is 41.4 cm³/mol. The summed E-state index contributed by atoms with van der Waals surface area (Å²) >= 11 is 0. The van der Waals surface area contributed by atoms with Crippen LogP contribution in [0.3, 0.4) is 0 Å². The molecule has 0 fully saturated rings. The van der Waals surface area contributed by atoms with E-state index < -0.39 is 40.4 Å². The van der Waals surface area contributed by atoms with Crippen molar-refractivity contribution < 1.29 is 30.7 Å². The lowest BCUT2D eigenvalue weighted by molar-refractivity contribution is -0.164. The van der Waals surface area contributed by atoms with Gasteiger partial charge in [-0.25, -0.2) is 17.2 Å². The molecule has 86 valence electrons. The second-order valence-electron chi connectivity index (χ2n) is 2.36. The first kappa shape index (κ1) is 13.9. The van der Waals surface area contributed by atoms with Gasteiger partial charge in [0.2, 0.25) is 9.05 Å². The fraction of sp³-hybridized carbons (Fsp3) is 1.00. The van der Waals surface area contributed by atoms with Gasteiger partial charge < -0.3 is 4.74 Å². The van der Waals surface area contributed by atoms with Crippen LogP contribution in [0.2, 0.25) is 0 Å². The van der Waals surface area contributed by atoms with E-state index in [9.17, 15) is 26.0 Å². The van der Waals surface area contributed by atoms with E-state index in [-0.39, 0.29) is 0 Å². The molecule has 0 aliphatic rings. The summed E-state index contributed by atoms with van der Waals surface area (Å²) in [6.45, 7) is -2.18. The van der Waals surface area contributed by atoms with Gasteiger partial charge in [0.15, 0.2) is 0 Å². The van der Waals surface area contributed by atoms with Crippen LogP contribution >= 0.6 is 10.7 Å². The first-order valence-electron chi connectivity index (χ1n) is 3.31. The van der Waals surface area contributed by atoms with Crippen molar-refractivity contribution in [3.63, 3.8) is 0 Å². The van der Waals surface area contributed by atoms with E-state index in [4.69, 9.17) is 10.7 Å². The molecule has 0 aromatic heterocycles. The van der Waals surface area contributed by atoms with Crippen molar-refractivity contribution in [2.45, 2.75) is 12.3 Å². The van der Waals surface area contributed by atoms with Crippen LogP contribution in [-0.2, 0) is 13.8 Å². The Hall–Kier alpha value is -0.0800. The Morgan fingerprint density at radius 3 is 2.21 bits per heavy atom. The minimum Gasteiger partial charge on any atom is -0.374 e. The summed E-state index contributed by atoms with van der Waals surface area (Å²) in [5.41, 5.74) is 0. The SMILES string of the molecule is O=S(=O)(Cl)CCOCC(F)(F)C(F)F. The zero-order chi connectivity index (χ0) is 11.4. The van der Waals surface area contributed by atoms with Gasteiger partial charge in [0.1, 0.15) is 6.61 Å². The predicted octanol–water partition coefficient (Wildman–Crippen LogP) is 1.47. The van der Waals surface area contributed by atoms with E-state index in [1.165, 1.54) is 0 Å². The average molecular weight is 259 g/mol. The summed E-state index contributed by atoms with van der Waals surface area (Å²) in [5, 5.41) is 0. The Morgan fingerprint density at radius 1 is 1.36 bits per heavy atom. The van der Waals surface area contributed by atoms with Gasteiger partial charge in [-0.15, -0.1) is 0 Å². The summed E-state index contributed by atoms with van der Waals surface area (Å²) in [5.74, 6) is -4.97. The van der Waals surface area contributed by atoms with E-state index in [1.807, 2.05) is 0 Å². The van der Waals surface area contributed by atoms with Gasteiger partial charge in [0, 0.05) is 10.7 Å². The highest BCUT2D eigenvalue weighted by Crippen LogP contribution is 2.22. The van der Waals surface area contributed by atoms with Gasteiger partial charge in [-0.2, -0.15) is 8.78 Å². The molecule has 0 saturated heterocycles. The molecule has 0 N–H and O–H groups in total. The molecule has 0 radical (unpaired) electrons. The van der Waals surface area contributed by atoms with Gasteiger partial charge >= 0.3 is 12.3 Å². The molecule has 0 aromatic carbocycles. The maximum Gasteiger partial charge on any atom is 0.330 e. The first-order chi connectivity index (χ1) is 6.15. The Bertz CT molecular complexity index is 266. The molecule has 0 heterocycles. The third-order valence-corrected chi connectivity index (χ3v) is 2.20. The lowest BCUT2D eigenvalue weighted by atomic mass is 10.4. The standard InChI is InChI=1S/C5H7ClF4O3S/c6-14(11,12)2-1-13-3-5(9,10)4(7)8/h4H,1-3H2. The van der Waals surface area contributed by atoms with Crippen LogP contribution in [0.1, 0.15) is 0 Å². The molecular formula is C5H7ClF4O3S. The average Bonchev–Trinajstić information content (AvgIpc) is 1.96. The molecule has 14 heavy (non-hydrogen) atoms. The molecule has 3 nitrogen and oxygen atoms in total. The summed E-state index contributed by atoms with van der Waals surface area (Å²) in [7, 11) is 0.855. The van der Waals surface area contributed by atoms with Crippen molar-refractivity contribution in [3.05, 3.63) is 0 Å². The second-order valence-corrected chi connectivity index (χ2v) is 5.25. The van der Waals surface area contributed by atoms with Crippen molar-refractivity contribution in [1.82, 2.24) is 0 Å². The van der Waals surface area contributed by atoms with Crippen molar-refractivity contribution >= 4 is 19.7 Å². The van der Waals surface area contributed by atoms with Crippen molar-refractivity contribution in [1.29, 1.82) is 0 Å². The number of hydrogen-bond donors (Lipinski definition) is 0. The first-order valence-corrected chi connectivity index (χ1v) is 5.79. The Balaban J connectivity index is 3.76. The van der Waals surface area contributed by atoms with Crippen LogP contribution in [0.4, 0.5) is 17.6 Å². The molecule has 9 heteroatoms. The maximum atomic E-state index is 12.1. The molecule has 0 unspecified atom stereocenters. The van der Waals surface area contributed by atoms with Crippen LogP contribution in [-0.4, -0.2) is 39.7 Å². The van der Waals surface area contributed by atoms with Crippen LogP contribution < -0.4 is 0 Å². The maximum absolute atomic E-state index is 12.1. The number of alkyl halides is 4. The minimum absolute atomic E-state index is 0.645. The summed E-state index contributed by atoms with van der Waals surface area (Å²) < 4.78 is 71.7. The van der Waals surface area contributed by atoms with E-state index in [0.29, 0.717) is 0 Å². The monoisotopic (exact) mass is 258 g/mol. The largest absolute Gasteiger partial charge is 0.374 e. The molecule has 0 amide bonds. The number of hydrogen-bond acceptors (Lipinski definition) is 3. The fourth-order valence-electron chi connectivity index (χ4n) is 0.430. The highest BCUT2D eigenvalue weighted by molar-refractivity contribution is 8.13. The van der Waals surface area contributed by atoms with Crippen LogP contribution in [0.15, 0.2) is 0 Å². The quantitative estimate of drug-likeness (QED) is 0.412. The highest BCUT2D eigenvalue weighted by atomic mass is 35.7. The summed E-state index contributed by atoms with van der Waals surface area (Å²) in [4.78, 5) is 0. The van der Waals surface area contributed by atoms with Crippen molar-refractivity contribution in [2.24, 2.45) is 0 Å². The zero-order valence-electron chi connectivity index (χ0n) is 6.72. The third kappa shape index (κ3) is 6.39. The molecule has 0 rings (SSSR count).